The lowest BCUT2D eigenvalue weighted by molar-refractivity contribution is -0.114. The van der Waals surface area contributed by atoms with Crippen molar-refractivity contribution in [3.8, 4) is 0 Å². The summed E-state index contributed by atoms with van der Waals surface area (Å²) in [6.07, 6.45) is 1.63. The molecule has 0 aliphatic carbocycles. The molecule has 0 aliphatic heterocycles. The van der Waals surface area contributed by atoms with Crippen LogP contribution in [-0.4, -0.2) is 28.3 Å². The molecule has 0 fully saturated rings. The van der Waals surface area contributed by atoms with Crippen LogP contribution in [0.5, 0.6) is 0 Å². The van der Waals surface area contributed by atoms with Gasteiger partial charge in [-0.3, -0.25) is 9.59 Å². The Kier molecular flexibility index (Phi) is 6.17. The normalized spacial score (nSPS) is 10.2. The lowest BCUT2D eigenvalue weighted by Crippen LogP contribution is -2.19. The molecule has 6 heteroatoms. The van der Waals surface area contributed by atoms with Crippen LogP contribution >= 0.6 is 11.8 Å². The standard InChI is InChI=1S/C17H19N3O2S/c1-12-5-3-7-14(9-12)19-15(21)10-23-11-16(22)20-17-13(2)6-4-8-18-17/h3-9H,10-11H2,1-2H3,(H,19,21)(H,18,20,22). The fraction of sp³-hybridized carbons (Fsp3) is 0.235. The van der Waals surface area contributed by atoms with Gasteiger partial charge in [0.2, 0.25) is 11.8 Å². The lowest BCUT2D eigenvalue weighted by atomic mass is 10.2. The Bertz CT molecular complexity index is 704. The van der Waals surface area contributed by atoms with Crippen molar-refractivity contribution in [1.82, 2.24) is 4.98 Å². The number of hydrogen-bond acceptors (Lipinski definition) is 4. The maximum Gasteiger partial charge on any atom is 0.235 e. The number of nitrogens with zero attached hydrogens (tertiary/aromatic N) is 1. The summed E-state index contributed by atoms with van der Waals surface area (Å²) in [4.78, 5) is 27.8. The predicted molar refractivity (Wildman–Crippen MR) is 94.7 cm³/mol. The predicted octanol–water partition coefficient (Wildman–Crippen LogP) is 3.01. The van der Waals surface area contributed by atoms with Crippen LogP contribution in [0.2, 0.25) is 0 Å². The Hall–Kier alpha value is -2.34. The fourth-order valence-electron chi connectivity index (χ4n) is 1.94. The molecule has 23 heavy (non-hydrogen) atoms. The molecule has 0 radical (unpaired) electrons. The van der Waals surface area contributed by atoms with Crippen molar-refractivity contribution < 1.29 is 9.59 Å². The molecule has 0 atom stereocenters. The molecule has 1 aromatic heterocycles. The van der Waals surface area contributed by atoms with Crippen molar-refractivity contribution in [3.05, 3.63) is 53.7 Å². The van der Waals surface area contributed by atoms with E-state index in [0.29, 0.717) is 5.82 Å². The molecule has 0 saturated carbocycles. The second kappa shape index (κ2) is 8.33. The first-order chi connectivity index (χ1) is 11.0. The van der Waals surface area contributed by atoms with E-state index >= 15 is 0 Å². The zero-order valence-corrected chi connectivity index (χ0v) is 13.9. The highest BCUT2D eigenvalue weighted by Crippen LogP contribution is 2.12. The van der Waals surface area contributed by atoms with Gasteiger partial charge in [0.15, 0.2) is 0 Å². The zero-order chi connectivity index (χ0) is 16.7. The van der Waals surface area contributed by atoms with Crippen molar-refractivity contribution in [2.45, 2.75) is 13.8 Å². The van der Waals surface area contributed by atoms with E-state index in [9.17, 15) is 9.59 Å². The monoisotopic (exact) mass is 329 g/mol. The summed E-state index contributed by atoms with van der Waals surface area (Å²) in [5.41, 5.74) is 2.76. The van der Waals surface area contributed by atoms with E-state index in [2.05, 4.69) is 15.6 Å². The van der Waals surface area contributed by atoms with Crippen molar-refractivity contribution in [3.63, 3.8) is 0 Å². The molecule has 2 rings (SSSR count). The molecule has 120 valence electrons. The van der Waals surface area contributed by atoms with Crippen LogP contribution in [0, 0.1) is 13.8 Å². The molecule has 1 aromatic carbocycles. The van der Waals surface area contributed by atoms with Crippen molar-refractivity contribution in [2.24, 2.45) is 0 Å². The molecule has 0 spiro atoms. The van der Waals surface area contributed by atoms with Gasteiger partial charge in [0.1, 0.15) is 5.82 Å². The van der Waals surface area contributed by atoms with Crippen LogP contribution in [0.25, 0.3) is 0 Å². The molecule has 1 heterocycles. The quantitative estimate of drug-likeness (QED) is 0.854. The Balaban J connectivity index is 1.73. The zero-order valence-electron chi connectivity index (χ0n) is 13.1. The fourth-order valence-corrected chi connectivity index (χ4v) is 2.56. The van der Waals surface area contributed by atoms with Gasteiger partial charge in [-0.05, 0) is 43.2 Å². The van der Waals surface area contributed by atoms with E-state index in [0.717, 1.165) is 16.8 Å². The topological polar surface area (TPSA) is 71.1 Å². The third-order valence-electron chi connectivity index (χ3n) is 3.04. The third-order valence-corrected chi connectivity index (χ3v) is 3.97. The third kappa shape index (κ3) is 5.75. The molecule has 2 amide bonds. The molecule has 0 saturated heterocycles. The minimum Gasteiger partial charge on any atom is -0.325 e. The Morgan fingerprint density at radius 2 is 1.78 bits per heavy atom. The van der Waals surface area contributed by atoms with E-state index in [4.69, 9.17) is 0 Å². The Labute approximate surface area is 139 Å². The van der Waals surface area contributed by atoms with Crippen LogP contribution in [0.3, 0.4) is 0 Å². The average molecular weight is 329 g/mol. The number of amides is 2. The van der Waals surface area contributed by atoms with Gasteiger partial charge in [0.05, 0.1) is 11.5 Å². The average Bonchev–Trinajstić information content (AvgIpc) is 2.49. The largest absolute Gasteiger partial charge is 0.325 e. The smallest absolute Gasteiger partial charge is 0.235 e. The summed E-state index contributed by atoms with van der Waals surface area (Å²) in [5, 5.41) is 5.55. The lowest BCUT2D eigenvalue weighted by Gasteiger charge is -2.07. The van der Waals surface area contributed by atoms with Gasteiger partial charge < -0.3 is 10.6 Å². The van der Waals surface area contributed by atoms with Gasteiger partial charge in [-0.15, -0.1) is 11.8 Å². The summed E-state index contributed by atoms with van der Waals surface area (Å²) in [5.74, 6) is 0.699. The SMILES string of the molecule is Cc1cccc(NC(=O)CSCC(=O)Nc2ncccc2C)c1. The van der Waals surface area contributed by atoms with Crippen molar-refractivity contribution in [1.29, 1.82) is 0 Å². The molecular formula is C17H19N3O2S. The summed E-state index contributed by atoms with van der Waals surface area (Å²) in [7, 11) is 0. The molecular weight excluding hydrogens is 310 g/mol. The number of anilines is 2. The van der Waals surface area contributed by atoms with E-state index in [1.165, 1.54) is 11.8 Å². The van der Waals surface area contributed by atoms with E-state index in [-0.39, 0.29) is 23.3 Å². The molecule has 0 bridgehead atoms. The number of thioether (sulfide) groups is 1. The van der Waals surface area contributed by atoms with Crippen LogP contribution in [0.15, 0.2) is 42.6 Å². The van der Waals surface area contributed by atoms with Crippen LogP contribution in [-0.2, 0) is 9.59 Å². The number of aromatic nitrogens is 1. The number of hydrogen-bond donors (Lipinski definition) is 2. The number of pyridine rings is 1. The van der Waals surface area contributed by atoms with Crippen LogP contribution < -0.4 is 10.6 Å². The summed E-state index contributed by atoms with van der Waals surface area (Å²) in [6, 6.07) is 11.3. The van der Waals surface area contributed by atoms with Gasteiger partial charge in [-0.2, -0.15) is 0 Å². The van der Waals surface area contributed by atoms with Gasteiger partial charge in [-0.25, -0.2) is 4.98 Å². The second-order valence-electron chi connectivity index (χ2n) is 5.13. The highest BCUT2D eigenvalue weighted by Gasteiger charge is 2.08. The number of carbonyl (C=O) groups is 2. The van der Waals surface area contributed by atoms with E-state index in [1.54, 1.807) is 6.20 Å². The molecule has 5 nitrogen and oxygen atoms in total. The van der Waals surface area contributed by atoms with Gasteiger partial charge in [0, 0.05) is 11.9 Å². The second-order valence-corrected chi connectivity index (χ2v) is 6.11. The minimum atomic E-state index is -0.167. The van der Waals surface area contributed by atoms with E-state index in [1.807, 2.05) is 50.2 Å². The van der Waals surface area contributed by atoms with Crippen LogP contribution in [0.4, 0.5) is 11.5 Å². The number of rotatable bonds is 6. The highest BCUT2D eigenvalue weighted by atomic mass is 32.2. The number of benzene rings is 1. The molecule has 2 aromatic rings. The molecule has 0 aliphatic rings. The molecule has 0 unspecified atom stereocenters. The first kappa shape index (κ1) is 17.0. The summed E-state index contributed by atoms with van der Waals surface area (Å²) < 4.78 is 0. The Morgan fingerprint density at radius 3 is 2.48 bits per heavy atom. The highest BCUT2D eigenvalue weighted by molar-refractivity contribution is 8.00. The maximum atomic E-state index is 11.8. The number of aryl methyl sites for hydroxylation is 2. The van der Waals surface area contributed by atoms with Gasteiger partial charge in [-0.1, -0.05) is 18.2 Å². The van der Waals surface area contributed by atoms with Crippen molar-refractivity contribution >= 4 is 35.1 Å². The summed E-state index contributed by atoms with van der Waals surface area (Å²) in [6.45, 7) is 3.85. The van der Waals surface area contributed by atoms with Gasteiger partial charge in [0.25, 0.3) is 0 Å². The number of nitrogens with one attached hydrogen (secondary N) is 2. The maximum absolute atomic E-state index is 11.8. The first-order valence-corrected chi connectivity index (χ1v) is 8.36. The first-order valence-electron chi connectivity index (χ1n) is 7.20. The van der Waals surface area contributed by atoms with E-state index < -0.39 is 0 Å². The number of carbonyl (C=O) groups excluding carboxylic acids is 2. The Morgan fingerprint density at radius 1 is 1.04 bits per heavy atom. The molecule has 2 N–H and O–H groups in total. The minimum absolute atomic E-state index is 0.123. The van der Waals surface area contributed by atoms with Gasteiger partial charge >= 0.3 is 0 Å². The van der Waals surface area contributed by atoms with Crippen molar-refractivity contribution in [2.75, 3.05) is 22.1 Å². The van der Waals surface area contributed by atoms with Crippen LogP contribution in [0.1, 0.15) is 11.1 Å². The summed E-state index contributed by atoms with van der Waals surface area (Å²) >= 11 is 1.27.